The number of fused-ring (bicyclic) bond motifs is 1. The van der Waals surface area contributed by atoms with Crippen LogP contribution in [0.25, 0.3) is 0 Å². The van der Waals surface area contributed by atoms with Crippen molar-refractivity contribution in [3.63, 3.8) is 0 Å². The van der Waals surface area contributed by atoms with E-state index in [-0.39, 0.29) is 36.9 Å². The Morgan fingerprint density at radius 2 is 1.97 bits per heavy atom. The van der Waals surface area contributed by atoms with Gasteiger partial charge in [0.15, 0.2) is 0 Å². The lowest BCUT2D eigenvalue weighted by atomic mass is 10.0. The predicted molar refractivity (Wildman–Crippen MR) is 110 cm³/mol. The Kier molecular flexibility index (Phi) is 5.72. The molecule has 2 saturated heterocycles. The molecule has 1 unspecified atom stereocenters. The van der Waals surface area contributed by atoms with Gasteiger partial charge in [-0.3, -0.25) is 19.7 Å². The Bertz CT molecular complexity index is 987. The summed E-state index contributed by atoms with van der Waals surface area (Å²) in [5, 5.41) is 4.94. The molecule has 170 valence electrons. The van der Waals surface area contributed by atoms with E-state index < -0.39 is 18.0 Å². The molecule has 2 fully saturated rings. The van der Waals surface area contributed by atoms with Crippen LogP contribution in [0.5, 0.6) is 0 Å². The minimum atomic E-state index is -0.662. The molecule has 0 aromatic heterocycles. The number of hydrogen-bond donors (Lipinski definition) is 2. The van der Waals surface area contributed by atoms with E-state index in [1.807, 2.05) is 0 Å². The summed E-state index contributed by atoms with van der Waals surface area (Å²) in [6.45, 7) is 1.19. The molecule has 11 heteroatoms. The maximum atomic E-state index is 12.9. The van der Waals surface area contributed by atoms with Crippen LogP contribution in [0.2, 0.25) is 0 Å². The van der Waals surface area contributed by atoms with Gasteiger partial charge in [0, 0.05) is 39.2 Å². The molecule has 1 atom stereocenters. The second-order valence-corrected chi connectivity index (χ2v) is 8.35. The van der Waals surface area contributed by atoms with E-state index in [1.165, 1.54) is 9.80 Å². The Morgan fingerprint density at radius 3 is 2.66 bits per heavy atom. The van der Waals surface area contributed by atoms with Crippen molar-refractivity contribution >= 4 is 29.8 Å². The van der Waals surface area contributed by atoms with Gasteiger partial charge in [-0.1, -0.05) is 12.1 Å². The van der Waals surface area contributed by atoms with Crippen LogP contribution in [-0.2, 0) is 27.4 Å². The van der Waals surface area contributed by atoms with Gasteiger partial charge in [0.05, 0.1) is 13.1 Å². The molecule has 0 bridgehead atoms. The molecule has 0 spiro atoms. The van der Waals surface area contributed by atoms with Crippen LogP contribution >= 0.6 is 0 Å². The maximum Gasteiger partial charge on any atom is 0.407 e. The van der Waals surface area contributed by atoms with Gasteiger partial charge < -0.3 is 24.8 Å². The van der Waals surface area contributed by atoms with Crippen molar-refractivity contribution in [3.05, 3.63) is 34.9 Å². The summed E-state index contributed by atoms with van der Waals surface area (Å²) in [6.07, 6.45) is -0.425. The van der Waals surface area contributed by atoms with Crippen LogP contribution in [0.4, 0.5) is 9.59 Å². The third-order valence-corrected chi connectivity index (χ3v) is 5.80. The van der Waals surface area contributed by atoms with E-state index in [0.29, 0.717) is 31.6 Å². The third kappa shape index (κ3) is 4.23. The van der Waals surface area contributed by atoms with Crippen molar-refractivity contribution in [1.29, 1.82) is 0 Å². The normalized spacial score (nSPS) is 20.4. The fourth-order valence-corrected chi connectivity index (χ4v) is 4.03. The predicted octanol–water partition coefficient (Wildman–Crippen LogP) is 0.0396. The van der Waals surface area contributed by atoms with Crippen molar-refractivity contribution in [2.45, 2.75) is 38.1 Å². The quantitative estimate of drug-likeness (QED) is 0.633. The van der Waals surface area contributed by atoms with Crippen molar-refractivity contribution in [2.75, 3.05) is 27.2 Å². The number of nitrogens with zero attached hydrogens (tertiary/aromatic N) is 3. The molecule has 0 saturated carbocycles. The van der Waals surface area contributed by atoms with Gasteiger partial charge >= 0.3 is 12.1 Å². The zero-order chi connectivity index (χ0) is 23.0. The number of imide groups is 1. The first-order valence-corrected chi connectivity index (χ1v) is 10.4. The molecular weight excluding hydrogens is 418 g/mol. The first-order valence-electron chi connectivity index (χ1n) is 10.4. The number of nitrogens with one attached hydrogen (secondary N) is 2. The van der Waals surface area contributed by atoms with Crippen molar-refractivity contribution in [3.8, 4) is 0 Å². The highest BCUT2D eigenvalue weighted by Crippen LogP contribution is 2.28. The lowest BCUT2D eigenvalue weighted by molar-refractivity contribution is -0.136. The van der Waals surface area contributed by atoms with E-state index in [2.05, 4.69) is 10.6 Å². The molecular formula is C21H25N5O6. The fourth-order valence-electron chi connectivity index (χ4n) is 4.03. The van der Waals surface area contributed by atoms with Gasteiger partial charge in [0.2, 0.25) is 11.8 Å². The van der Waals surface area contributed by atoms with E-state index in [1.54, 1.807) is 37.2 Å². The number of amides is 6. The number of urea groups is 1. The summed E-state index contributed by atoms with van der Waals surface area (Å²) in [6, 6.07) is 4.52. The molecule has 1 aromatic carbocycles. The standard InChI is InChI=1S/C21H25N5O6/c1-24(2)21(31)25-10-14(11-25)32-20(30)22-8-12-3-4-13-9-26(19(29)15(13)7-12)16-5-6-17(27)23-18(16)28/h3-4,7,14,16H,5-6,8-11H2,1-2H3,(H,22,30)(H,23,27,28). The highest BCUT2D eigenvalue weighted by molar-refractivity contribution is 6.05. The summed E-state index contributed by atoms with van der Waals surface area (Å²) in [5.74, 6) is -1.04. The Balaban J connectivity index is 1.29. The summed E-state index contributed by atoms with van der Waals surface area (Å²) in [5.41, 5.74) is 2.00. The summed E-state index contributed by atoms with van der Waals surface area (Å²) in [4.78, 5) is 64.7. The van der Waals surface area contributed by atoms with E-state index in [9.17, 15) is 24.0 Å². The number of carbonyl (C=O) groups excluding carboxylic acids is 5. The molecule has 1 aromatic rings. The molecule has 3 heterocycles. The minimum absolute atomic E-state index is 0.126. The Hall–Kier alpha value is -3.63. The van der Waals surface area contributed by atoms with Gasteiger partial charge in [-0.05, 0) is 23.6 Å². The molecule has 2 N–H and O–H groups in total. The van der Waals surface area contributed by atoms with Crippen LogP contribution in [-0.4, -0.2) is 83.9 Å². The highest BCUT2D eigenvalue weighted by Gasteiger charge is 2.39. The molecule has 0 radical (unpaired) electrons. The fraction of sp³-hybridized carbons (Fsp3) is 0.476. The number of likely N-dealkylation sites (tertiary alicyclic amines) is 1. The molecule has 32 heavy (non-hydrogen) atoms. The SMILES string of the molecule is CN(C)C(=O)N1CC(OC(=O)NCc2ccc3c(c2)C(=O)N(C2CCC(=O)NC2=O)C3)C1. The average Bonchev–Trinajstić information content (AvgIpc) is 3.04. The monoisotopic (exact) mass is 443 g/mol. The molecule has 4 rings (SSSR count). The van der Waals surface area contributed by atoms with Crippen molar-refractivity contribution in [2.24, 2.45) is 0 Å². The van der Waals surface area contributed by atoms with Gasteiger partial charge in [0.1, 0.15) is 12.1 Å². The van der Waals surface area contributed by atoms with Gasteiger partial charge in [-0.25, -0.2) is 9.59 Å². The summed E-state index contributed by atoms with van der Waals surface area (Å²) in [7, 11) is 3.32. The van der Waals surface area contributed by atoms with E-state index in [0.717, 1.165) is 11.1 Å². The first-order chi connectivity index (χ1) is 15.2. The number of carbonyl (C=O) groups is 5. The number of rotatable bonds is 4. The van der Waals surface area contributed by atoms with Gasteiger partial charge in [0.25, 0.3) is 5.91 Å². The molecule has 11 nitrogen and oxygen atoms in total. The van der Waals surface area contributed by atoms with Crippen LogP contribution in [0.15, 0.2) is 18.2 Å². The molecule has 6 amide bonds. The lowest BCUT2D eigenvalue weighted by Gasteiger charge is -2.39. The van der Waals surface area contributed by atoms with Crippen molar-refractivity contribution < 1.29 is 28.7 Å². The number of alkyl carbamates (subject to hydrolysis) is 1. The zero-order valence-corrected chi connectivity index (χ0v) is 17.9. The lowest BCUT2D eigenvalue weighted by Crippen LogP contribution is -2.58. The second-order valence-electron chi connectivity index (χ2n) is 8.35. The minimum Gasteiger partial charge on any atom is -0.442 e. The van der Waals surface area contributed by atoms with Crippen LogP contribution in [0, 0.1) is 0 Å². The molecule has 3 aliphatic heterocycles. The van der Waals surface area contributed by atoms with E-state index >= 15 is 0 Å². The Morgan fingerprint density at radius 1 is 1.22 bits per heavy atom. The summed E-state index contributed by atoms with van der Waals surface area (Å²) >= 11 is 0. The number of piperidine rings is 1. The van der Waals surface area contributed by atoms with Crippen LogP contribution in [0.1, 0.15) is 34.3 Å². The smallest absolute Gasteiger partial charge is 0.407 e. The van der Waals surface area contributed by atoms with Gasteiger partial charge in [-0.2, -0.15) is 0 Å². The summed E-state index contributed by atoms with van der Waals surface area (Å²) < 4.78 is 5.29. The zero-order valence-electron chi connectivity index (χ0n) is 17.9. The maximum absolute atomic E-state index is 12.9. The Labute approximate surface area is 184 Å². The topological polar surface area (TPSA) is 128 Å². The number of benzene rings is 1. The average molecular weight is 443 g/mol. The second kappa shape index (κ2) is 8.48. The van der Waals surface area contributed by atoms with Crippen LogP contribution in [0.3, 0.4) is 0 Å². The number of hydrogen-bond acceptors (Lipinski definition) is 6. The molecule has 0 aliphatic carbocycles. The largest absolute Gasteiger partial charge is 0.442 e. The van der Waals surface area contributed by atoms with E-state index in [4.69, 9.17) is 4.74 Å². The highest BCUT2D eigenvalue weighted by atomic mass is 16.6. The third-order valence-electron chi connectivity index (χ3n) is 5.80. The van der Waals surface area contributed by atoms with Gasteiger partial charge in [-0.15, -0.1) is 0 Å². The van der Waals surface area contributed by atoms with Crippen molar-refractivity contribution in [1.82, 2.24) is 25.3 Å². The number of ether oxygens (including phenoxy) is 1. The molecule has 3 aliphatic rings. The first kappa shape index (κ1) is 21.6. The van der Waals surface area contributed by atoms with Crippen LogP contribution < -0.4 is 10.6 Å².